The second-order valence-corrected chi connectivity index (χ2v) is 5.80. The van der Waals surface area contributed by atoms with Crippen molar-refractivity contribution in [1.82, 2.24) is 10.2 Å². The van der Waals surface area contributed by atoms with Gasteiger partial charge in [-0.2, -0.15) is 0 Å². The van der Waals surface area contributed by atoms with Crippen LogP contribution in [0.2, 0.25) is 0 Å². The Bertz CT molecular complexity index is 310. The molecular formula is C13H24N2O3. The summed E-state index contributed by atoms with van der Waals surface area (Å²) in [6.07, 6.45) is 1.32. The van der Waals surface area contributed by atoms with Crippen LogP contribution in [-0.4, -0.2) is 42.6 Å². The minimum absolute atomic E-state index is 0.0796. The zero-order chi connectivity index (χ0) is 13.8. The van der Waals surface area contributed by atoms with E-state index >= 15 is 0 Å². The van der Waals surface area contributed by atoms with Crippen LogP contribution < -0.4 is 5.32 Å². The van der Waals surface area contributed by atoms with Crippen LogP contribution in [0.4, 0.5) is 4.79 Å². The van der Waals surface area contributed by atoms with E-state index in [-0.39, 0.29) is 30.1 Å². The molecule has 1 atom stereocenters. The van der Waals surface area contributed by atoms with Gasteiger partial charge in [0, 0.05) is 13.1 Å². The normalized spacial score (nSPS) is 18.2. The highest BCUT2D eigenvalue weighted by molar-refractivity contribution is 5.83. The highest BCUT2D eigenvalue weighted by Crippen LogP contribution is 2.26. The highest BCUT2D eigenvalue weighted by atomic mass is 16.6. The van der Waals surface area contributed by atoms with Gasteiger partial charge in [-0.25, -0.2) is 4.79 Å². The third kappa shape index (κ3) is 4.20. The molecule has 0 radical (unpaired) electrons. The van der Waals surface area contributed by atoms with Crippen LogP contribution in [0.3, 0.4) is 0 Å². The molecule has 0 aromatic rings. The van der Waals surface area contributed by atoms with Crippen LogP contribution in [0.5, 0.6) is 0 Å². The van der Waals surface area contributed by atoms with Crippen LogP contribution in [0.25, 0.3) is 0 Å². The first-order chi connectivity index (χ1) is 8.34. The van der Waals surface area contributed by atoms with Crippen LogP contribution in [0.15, 0.2) is 0 Å². The van der Waals surface area contributed by atoms with Crippen molar-refractivity contribution >= 4 is 12.0 Å². The fourth-order valence-corrected chi connectivity index (χ4v) is 1.92. The van der Waals surface area contributed by atoms with Crippen LogP contribution in [-0.2, 0) is 9.53 Å². The topological polar surface area (TPSA) is 58.6 Å². The molecule has 0 bridgehead atoms. The molecule has 5 nitrogen and oxygen atoms in total. The van der Waals surface area contributed by atoms with Crippen LogP contribution in [0.1, 0.15) is 40.5 Å². The van der Waals surface area contributed by atoms with Crippen molar-refractivity contribution in [1.29, 1.82) is 0 Å². The largest absolute Gasteiger partial charge is 0.446 e. The van der Waals surface area contributed by atoms with Crippen molar-refractivity contribution in [2.75, 3.05) is 19.6 Å². The van der Waals surface area contributed by atoms with E-state index in [1.807, 2.05) is 0 Å². The molecular weight excluding hydrogens is 232 g/mol. The molecule has 0 aromatic carbocycles. The summed E-state index contributed by atoms with van der Waals surface area (Å²) in [5.74, 6) is -0.124. The lowest BCUT2D eigenvalue weighted by Gasteiger charge is -2.33. The first-order valence-electron chi connectivity index (χ1n) is 6.57. The Balaban J connectivity index is 2.58. The molecule has 18 heavy (non-hydrogen) atoms. The lowest BCUT2D eigenvalue weighted by atomic mass is 9.86. The molecule has 0 saturated carbocycles. The van der Waals surface area contributed by atoms with Crippen molar-refractivity contribution in [2.45, 2.75) is 46.6 Å². The molecule has 1 rings (SSSR count). The minimum Gasteiger partial charge on any atom is -0.446 e. The Labute approximate surface area is 109 Å². The summed E-state index contributed by atoms with van der Waals surface area (Å²) < 4.78 is 5.55. The maximum absolute atomic E-state index is 12.0. The molecule has 1 fully saturated rings. The van der Waals surface area contributed by atoms with Gasteiger partial charge in [0.25, 0.3) is 0 Å². The Morgan fingerprint density at radius 1 is 1.50 bits per heavy atom. The number of carbonyl (C=O) groups is 2. The monoisotopic (exact) mass is 256 g/mol. The summed E-state index contributed by atoms with van der Waals surface area (Å²) in [4.78, 5) is 24.7. The Morgan fingerprint density at radius 2 is 2.17 bits per heavy atom. The second kappa shape index (κ2) is 6.07. The first-order valence-corrected chi connectivity index (χ1v) is 6.57. The van der Waals surface area contributed by atoms with Gasteiger partial charge in [0.05, 0.1) is 0 Å². The van der Waals surface area contributed by atoms with E-state index in [9.17, 15) is 9.59 Å². The maximum Gasteiger partial charge on any atom is 0.410 e. The van der Waals surface area contributed by atoms with Crippen molar-refractivity contribution in [3.05, 3.63) is 0 Å². The smallest absolute Gasteiger partial charge is 0.410 e. The van der Waals surface area contributed by atoms with Gasteiger partial charge in [0.15, 0.2) is 0 Å². The van der Waals surface area contributed by atoms with E-state index in [0.717, 1.165) is 12.8 Å². The van der Waals surface area contributed by atoms with E-state index in [2.05, 4.69) is 33.0 Å². The fraction of sp³-hybridized carbons (Fsp3) is 0.846. The predicted molar refractivity (Wildman–Crippen MR) is 69.2 cm³/mol. The number of nitrogens with zero attached hydrogens (tertiary/aromatic N) is 1. The number of carbonyl (C=O) groups excluding carboxylic acids is 2. The zero-order valence-electron chi connectivity index (χ0n) is 11.8. The summed E-state index contributed by atoms with van der Waals surface area (Å²) in [5, 5.41) is 2.69. The average molecular weight is 256 g/mol. The molecule has 1 N–H and O–H groups in total. The predicted octanol–water partition coefficient (Wildman–Crippen LogP) is 1.77. The van der Waals surface area contributed by atoms with E-state index in [0.29, 0.717) is 13.1 Å². The maximum atomic E-state index is 12.0. The summed E-state index contributed by atoms with van der Waals surface area (Å²) in [6.45, 7) is 9.37. The quantitative estimate of drug-likeness (QED) is 0.837. The van der Waals surface area contributed by atoms with Gasteiger partial charge >= 0.3 is 6.09 Å². The van der Waals surface area contributed by atoms with Gasteiger partial charge in [-0.05, 0) is 11.8 Å². The van der Waals surface area contributed by atoms with Crippen molar-refractivity contribution in [2.24, 2.45) is 5.41 Å². The SMILES string of the molecule is CCCC(OC(=O)N1CCNC(=O)C1)C(C)(C)C. The van der Waals surface area contributed by atoms with E-state index in [1.54, 1.807) is 0 Å². The summed E-state index contributed by atoms with van der Waals surface area (Å²) in [6, 6.07) is 0. The summed E-state index contributed by atoms with van der Waals surface area (Å²) >= 11 is 0. The standard InChI is InChI=1S/C13H24N2O3/c1-5-6-10(13(2,3)4)18-12(17)15-8-7-14-11(16)9-15/h10H,5-9H2,1-4H3,(H,14,16). The molecule has 0 spiro atoms. The van der Waals surface area contributed by atoms with Crippen molar-refractivity contribution in [3.8, 4) is 0 Å². The van der Waals surface area contributed by atoms with Crippen molar-refractivity contribution in [3.63, 3.8) is 0 Å². The van der Waals surface area contributed by atoms with E-state index in [1.165, 1.54) is 4.90 Å². The highest BCUT2D eigenvalue weighted by Gasteiger charge is 2.30. The number of piperazine rings is 1. The minimum atomic E-state index is -0.377. The molecule has 1 aliphatic heterocycles. The number of hydrogen-bond donors (Lipinski definition) is 1. The summed E-state index contributed by atoms with van der Waals surface area (Å²) in [7, 11) is 0. The molecule has 1 unspecified atom stereocenters. The first kappa shape index (κ1) is 14.8. The van der Waals surface area contributed by atoms with Gasteiger partial charge in [0.2, 0.25) is 5.91 Å². The molecule has 1 heterocycles. The molecule has 5 heteroatoms. The third-order valence-corrected chi connectivity index (χ3v) is 3.06. The number of ether oxygens (including phenoxy) is 1. The van der Waals surface area contributed by atoms with Gasteiger partial charge in [-0.1, -0.05) is 34.1 Å². The van der Waals surface area contributed by atoms with E-state index < -0.39 is 0 Å². The van der Waals surface area contributed by atoms with Gasteiger partial charge in [0.1, 0.15) is 12.6 Å². The second-order valence-electron chi connectivity index (χ2n) is 5.80. The third-order valence-electron chi connectivity index (χ3n) is 3.06. The lowest BCUT2D eigenvalue weighted by Crippen LogP contribution is -2.51. The summed E-state index contributed by atoms with van der Waals surface area (Å²) in [5.41, 5.74) is -0.0796. The molecule has 1 aliphatic rings. The van der Waals surface area contributed by atoms with Gasteiger partial charge in [-0.15, -0.1) is 0 Å². The number of nitrogens with one attached hydrogen (secondary N) is 1. The zero-order valence-corrected chi connectivity index (χ0v) is 11.8. The average Bonchev–Trinajstić information content (AvgIpc) is 2.27. The number of rotatable bonds is 3. The van der Waals surface area contributed by atoms with Gasteiger partial charge < -0.3 is 10.1 Å². The lowest BCUT2D eigenvalue weighted by molar-refractivity contribution is -0.124. The molecule has 0 aromatic heterocycles. The Hall–Kier alpha value is -1.26. The number of amides is 2. The molecule has 104 valence electrons. The van der Waals surface area contributed by atoms with Crippen LogP contribution >= 0.6 is 0 Å². The van der Waals surface area contributed by atoms with Crippen LogP contribution in [0, 0.1) is 5.41 Å². The Morgan fingerprint density at radius 3 is 2.67 bits per heavy atom. The van der Waals surface area contributed by atoms with Gasteiger partial charge in [-0.3, -0.25) is 9.69 Å². The van der Waals surface area contributed by atoms with E-state index in [4.69, 9.17) is 4.74 Å². The molecule has 1 saturated heterocycles. The Kier molecular flexibility index (Phi) is 4.99. The molecule has 0 aliphatic carbocycles. The number of hydrogen-bond acceptors (Lipinski definition) is 3. The molecule has 2 amide bonds. The van der Waals surface area contributed by atoms with Crippen molar-refractivity contribution < 1.29 is 14.3 Å². The fourth-order valence-electron chi connectivity index (χ4n) is 1.92.